The zero-order chi connectivity index (χ0) is 27.6. The second-order valence-electron chi connectivity index (χ2n) is 11.3. The van der Waals surface area contributed by atoms with Crippen LogP contribution in [0.4, 0.5) is 0 Å². The van der Waals surface area contributed by atoms with Crippen LogP contribution in [0, 0.1) is 11.8 Å². The van der Waals surface area contributed by atoms with Crippen molar-refractivity contribution in [2.45, 2.75) is 24.9 Å². The van der Waals surface area contributed by atoms with Crippen LogP contribution in [0.15, 0.2) is 140 Å². The van der Waals surface area contributed by atoms with Gasteiger partial charge in [0, 0.05) is 12.5 Å². The molecule has 4 unspecified atom stereocenters. The molecule has 0 saturated carbocycles. The fraction of sp³-hybridized carbons (Fsp3) is 0.154. The van der Waals surface area contributed by atoms with E-state index in [2.05, 4.69) is 144 Å². The van der Waals surface area contributed by atoms with Gasteiger partial charge in [0.2, 0.25) is 5.91 Å². The molecule has 1 fully saturated rings. The van der Waals surface area contributed by atoms with Crippen molar-refractivity contribution in [1.82, 2.24) is 4.90 Å². The number of allylic oxidation sites excluding steroid dienone is 1. The monoisotopic (exact) mass is 531 g/mol. The molecule has 2 heteroatoms. The van der Waals surface area contributed by atoms with Crippen LogP contribution >= 0.6 is 0 Å². The van der Waals surface area contributed by atoms with Crippen LogP contribution in [0.1, 0.15) is 46.2 Å². The Labute approximate surface area is 242 Å². The van der Waals surface area contributed by atoms with Crippen LogP contribution in [-0.4, -0.2) is 10.8 Å². The summed E-state index contributed by atoms with van der Waals surface area (Å²) in [5, 5.41) is 2.44. The first-order valence-electron chi connectivity index (χ1n) is 14.6. The van der Waals surface area contributed by atoms with E-state index in [0.29, 0.717) is 6.54 Å². The number of benzene rings is 5. The highest BCUT2D eigenvalue weighted by atomic mass is 16.2. The van der Waals surface area contributed by atoms with E-state index in [0.717, 1.165) is 12.0 Å². The Morgan fingerprint density at radius 1 is 0.659 bits per heavy atom. The van der Waals surface area contributed by atoms with Crippen LogP contribution in [0.3, 0.4) is 0 Å². The topological polar surface area (TPSA) is 20.3 Å². The third kappa shape index (κ3) is 5.02. The molecule has 1 aliphatic carbocycles. The van der Waals surface area contributed by atoms with E-state index in [1.807, 2.05) is 12.1 Å². The van der Waals surface area contributed by atoms with Gasteiger partial charge in [0.25, 0.3) is 0 Å². The van der Waals surface area contributed by atoms with Crippen molar-refractivity contribution in [1.29, 1.82) is 0 Å². The average Bonchev–Trinajstić information content (AvgIpc) is 3.32. The van der Waals surface area contributed by atoms with Crippen LogP contribution in [0.5, 0.6) is 0 Å². The van der Waals surface area contributed by atoms with Crippen LogP contribution in [0.2, 0.25) is 0 Å². The Bertz CT molecular complexity index is 1740. The molecule has 0 radical (unpaired) electrons. The predicted octanol–water partition coefficient (Wildman–Crippen LogP) is 9.07. The zero-order valence-electron chi connectivity index (χ0n) is 23.0. The minimum atomic E-state index is -0.0893. The van der Waals surface area contributed by atoms with Crippen molar-refractivity contribution >= 4 is 28.8 Å². The van der Waals surface area contributed by atoms with Crippen molar-refractivity contribution in [3.05, 3.63) is 167 Å². The third-order valence-electron chi connectivity index (χ3n) is 8.78. The summed E-state index contributed by atoms with van der Waals surface area (Å²) >= 11 is 0. The normalized spacial score (nSPS) is 22.0. The van der Waals surface area contributed by atoms with Gasteiger partial charge in [-0.15, -0.1) is 0 Å². The molecule has 1 heterocycles. The maximum absolute atomic E-state index is 14.4. The van der Waals surface area contributed by atoms with Gasteiger partial charge in [0.15, 0.2) is 0 Å². The van der Waals surface area contributed by atoms with E-state index in [1.165, 1.54) is 33.0 Å². The number of carbonyl (C=O) groups is 1. The molecule has 0 spiro atoms. The van der Waals surface area contributed by atoms with Crippen LogP contribution in [0.25, 0.3) is 22.9 Å². The number of likely N-dealkylation sites (tertiary alicyclic amines) is 1. The molecule has 1 saturated heterocycles. The first-order valence-corrected chi connectivity index (χ1v) is 14.6. The fourth-order valence-electron chi connectivity index (χ4n) is 6.84. The molecule has 1 amide bonds. The van der Waals surface area contributed by atoms with E-state index < -0.39 is 0 Å². The lowest BCUT2D eigenvalue weighted by molar-refractivity contribution is -0.133. The Balaban J connectivity index is 1.26. The largest absolute Gasteiger partial charge is 0.330 e. The standard InChI is InChI=1S/C39H33NO/c41-39-37-35(33-18-9-15-29(25-33)22-21-28-11-3-1-4-12-28)19-10-20-36(37)38(40(39)27-30-13-5-2-6-14-30)34-24-23-31-16-7-8-17-32(31)26-34/h1-18,20-26,35-38H,19,27H2/b22-21+. The van der Waals surface area contributed by atoms with Gasteiger partial charge in [-0.25, -0.2) is 0 Å². The number of rotatable bonds is 6. The lowest BCUT2D eigenvalue weighted by Crippen LogP contribution is -2.31. The summed E-state index contributed by atoms with van der Waals surface area (Å²) < 4.78 is 0. The minimum Gasteiger partial charge on any atom is -0.330 e. The van der Waals surface area contributed by atoms with Crippen LogP contribution in [-0.2, 0) is 11.3 Å². The molecular formula is C39H33NO. The van der Waals surface area contributed by atoms with Gasteiger partial charge in [-0.3, -0.25) is 4.79 Å². The van der Waals surface area contributed by atoms with E-state index >= 15 is 0 Å². The summed E-state index contributed by atoms with van der Waals surface area (Å²) in [6.07, 6.45) is 9.84. The minimum absolute atomic E-state index is 0.00230. The van der Waals surface area contributed by atoms with Gasteiger partial charge >= 0.3 is 0 Å². The number of nitrogens with zero attached hydrogens (tertiary/aromatic N) is 1. The molecule has 5 aromatic rings. The van der Waals surface area contributed by atoms with E-state index in [-0.39, 0.29) is 29.7 Å². The molecule has 0 N–H and O–H groups in total. The van der Waals surface area contributed by atoms with Crippen molar-refractivity contribution in [2.75, 3.05) is 0 Å². The average molecular weight is 532 g/mol. The van der Waals surface area contributed by atoms with Gasteiger partial charge in [-0.2, -0.15) is 0 Å². The number of fused-ring (bicyclic) bond motifs is 2. The summed E-state index contributed by atoms with van der Waals surface area (Å²) in [6, 6.07) is 44.8. The quantitative estimate of drug-likeness (QED) is 0.158. The zero-order valence-corrected chi connectivity index (χ0v) is 23.0. The van der Waals surface area contributed by atoms with Gasteiger partial charge in [-0.1, -0.05) is 146 Å². The molecule has 41 heavy (non-hydrogen) atoms. The molecule has 0 aromatic heterocycles. The first kappa shape index (κ1) is 25.3. The predicted molar refractivity (Wildman–Crippen MR) is 169 cm³/mol. The Kier molecular flexibility index (Phi) is 6.82. The molecular weight excluding hydrogens is 498 g/mol. The highest BCUT2D eigenvalue weighted by molar-refractivity contribution is 5.86. The highest BCUT2D eigenvalue weighted by Crippen LogP contribution is 2.52. The highest BCUT2D eigenvalue weighted by Gasteiger charge is 2.51. The smallest absolute Gasteiger partial charge is 0.227 e. The van der Waals surface area contributed by atoms with Gasteiger partial charge in [0.05, 0.1) is 12.0 Å². The molecule has 200 valence electrons. The summed E-state index contributed by atoms with van der Waals surface area (Å²) in [7, 11) is 0. The van der Waals surface area contributed by atoms with E-state index in [1.54, 1.807) is 0 Å². The second-order valence-corrected chi connectivity index (χ2v) is 11.3. The molecule has 0 bridgehead atoms. The lowest BCUT2D eigenvalue weighted by atomic mass is 9.71. The Morgan fingerprint density at radius 3 is 2.20 bits per heavy atom. The number of amides is 1. The molecule has 5 aromatic carbocycles. The fourth-order valence-corrected chi connectivity index (χ4v) is 6.84. The van der Waals surface area contributed by atoms with Crippen molar-refractivity contribution in [3.63, 3.8) is 0 Å². The summed E-state index contributed by atoms with van der Waals surface area (Å²) in [5.41, 5.74) is 5.96. The Morgan fingerprint density at radius 2 is 1.37 bits per heavy atom. The van der Waals surface area contributed by atoms with Crippen molar-refractivity contribution < 1.29 is 4.79 Å². The van der Waals surface area contributed by atoms with Gasteiger partial charge in [-0.05, 0) is 57.0 Å². The van der Waals surface area contributed by atoms with Gasteiger partial charge < -0.3 is 4.90 Å². The molecule has 4 atom stereocenters. The van der Waals surface area contributed by atoms with Crippen molar-refractivity contribution in [3.8, 4) is 0 Å². The SMILES string of the molecule is O=C1C2C(c3cccc(/C=C/c4ccccc4)c3)CC=CC2C(c2ccc3ccccc3c2)N1Cc1ccccc1. The number of carbonyl (C=O) groups excluding carboxylic acids is 1. The van der Waals surface area contributed by atoms with E-state index in [4.69, 9.17) is 0 Å². The van der Waals surface area contributed by atoms with E-state index in [9.17, 15) is 4.79 Å². The Hall–Kier alpha value is -4.69. The summed E-state index contributed by atoms with van der Waals surface area (Å²) in [4.78, 5) is 16.6. The summed E-state index contributed by atoms with van der Waals surface area (Å²) in [5.74, 6) is 0.436. The number of hydrogen-bond donors (Lipinski definition) is 0. The van der Waals surface area contributed by atoms with Crippen LogP contribution < -0.4 is 0 Å². The van der Waals surface area contributed by atoms with Gasteiger partial charge in [0.1, 0.15) is 0 Å². The summed E-state index contributed by atoms with van der Waals surface area (Å²) in [6.45, 7) is 0.616. The lowest BCUT2D eigenvalue weighted by Gasteiger charge is -2.31. The number of hydrogen-bond acceptors (Lipinski definition) is 1. The molecule has 2 aliphatic rings. The third-order valence-corrected chi connectivity index (χ3v) is 8.78. The second kappa shape index (κ2) is 11.1. The van der Waals surface area contributed by atoms with Crippen molar-refractivity contribution in [2.24, 2.45) is 11.8 Å². The molecule has 7 rings (SSSR count). The first-order chi connectivity index (χ1) is 20.2. The maximum atomic E-state index is 14.4. The molecule has 2 nitrogen and oxygen atoms in total. The maximum Gasteiger partial charge on any atom is 0.227 e. The molecule has 1 aliphatic heterocycles.